The highest BCUT2D eigenvalue weighted by Crippen LogP contribution is 2.41. The van der Waals surface area contributed by atoms with Crippen LogP contribution in [0, 0.1) is 0 Å². The first kappa shape index (κ1) is 21.5. The van der Waals surface area contributed by atoms with Gasteiger partial charge >= 0.3 is 5.97 Å². The lowest BCUT2D eigenvalue weighted by Gasteiger charge is -2.41. The van der Waals surface area contributed by atoms with Gasteiger partial charge in [-0.15, -0.1) is 11.8 Å². The number of aliphatic hydroxyl groups excluding tert-OH is 1. The van der Waals surface area contributed by atoms with Crippen molar-refractivity contribution in [3.8, 4) is 0 Å². The number of aliphatic hydroxyl groups is 1. The number of fused-ring (bicyclic) bond motifs is 1. The standard InChI is InChI=1S/C20H28O7S/c1-20(2)26-16-14(11-21)25-19(28-10-6-9-15(22)23)18(17(16)27-20)24-12-13-7-4-3-5-8-13/h3-5,7-8,14,16-19,21H,6,9-12H2,1-2H3,(H,22,23)/t14-,16+,17+,18-,19?/m1/s1. The molecule has 1 aromatic rings. The summed E-state index contributed by atoms with van der Waals surface area (Å²) in [5.74, 6) is -0.990. The van der Waals surface area contributed by atoms with E-state index in [1.807, 2.05) is 44.2 Å². The van der Waals surface area contributed by atoms with Crippen molar-refractivity contribution in [2.24, 2.45) is 0 Å². The van der Waals surface area contributed by atoms with Crippen LogP contribution < -0.4 is 0 Å². The van der Waals surface area contributed by atoms with Gasteiger partial charge in [0, 0.05) is 6.42 Å². The van der Waals surface area contributed by atoms with E-state index in [4.69, 9.17) is 24.1 Å². The number of ether oxygens (including phenoxy) is 4. The summed E-state index contributed by atoms with van der Waals surface area (Å²) in [5.41, 5.74) is 0.657. The molecular formula is C20H28O7S. The fourth-order valence-corrected chi connectivity index (χ4v) is 4.67. The summed E-state index contributed by atoms with van der Waals surface area (Å²) in [6.07, 6.45) is -1.06. The lowest BCUT2D eigenvalue weighted by atomic mass is 10.00. The molecule has 2 aliphatic rings. The molecule has 1 aromatic carbocycles. The molecule has 156 valence electrons. The molecule has 2 N–H and O–H groups in total. The van der Waals surface area contributed by atoms with E-state index in [2.05, 4.69) is 0 Å². The average molecular weight is 413 g/mol. The number of hydrogen-bond donors (Lipinski definition) is 2. The zero-order chi connectivity index (χ0) is 20.1. The maximum absolute atomic E-state index is 10.8. The number of carboxylic acid groups (broad SMARTS) is 1. The van der Waals surface area contributed by atoms with Crippen LogP contribution in [0.2, 0.25) is 0 Å². The van der Waals surface area contributed by atoms with Gasteiger partial charge in [0.1, 0.15) is 29.9 Å². The van der Waals surface area contributed by atoms with Crippen LogP contribution in [0.4, 0.5) is 0 Å². The number of rotatable bonds is 9. The summed E-state index contributed by atoms with van der Waals surface area (Å²) in [6.45, 7) is 3.89. The van der Waals surface area contributed by atoms with Gasteiger partial charge in [0.2, 0.25) is 0 Å². The van der Waals surface area contributed by atoms with Crippen molar-refractivity contribution in [3.63, 3.8) is 0 Å². The Kier molecular flexibility index (Phi) is 7.36. The second kappa shape index (κ2) is 9.56. The Balaban J connectivity index is 1.71. The Hall–Kier alpha value is -1.16. The number of thioether (sulfide) groups is 1. The van der Waals surface area contributed by atoms with Crippen LogP contribution >= 0.6 is 11.8 Å². The van der Waals surface area contributed by atoms with Gasteiger partial charge in [-0.05, 0) is 31.6 Å². The van der Waals surface area contributed by atoms with Crippen LogP contribution in [0.25, 0.3) is 0 Å². The third-order valence-electron chi connectivity index (χ3n) is 4.71. The topological polar surface area (TPSA) is 94.5 Å². The van der Waals surface area contributed by atoms with Crippen LogP contribution in [0.5, 0.6) is 0 Å². The summed E-state index contributed by atoms with van der Waals surface area (Å²) in [5, 5.41) is 18.6. The van der Waals surface area contributed by atoms with Gasteiger partial charge in [-0.3, -0.25) is 4.79 Å². The van der Waals surface area contributed by atoms with Gasteiger partial charge in [-0.25, -0.2) is 0 Å². The van der Waals surface area contributed by atoms with Gasteiger partial charge in [0.05, 0.1) is 13.2 Å². The Morgan fingerprint density at radius 1 is 1.21 bits per heavy atom. The SMILES string of the molecule is CC1(C)O[C@@H]2[C@H](O1)[C@@H](OCc1ccccc1)C(SCCCC(=O)O)O[C@@H]2CO. The molecule has 7 nitrogen and oxygen atoms in total. The van der Waals surface area contributed by atoms with Crippen LogP contribution in [-0.4, -0.2) is 64.2 Å². The summed E-state index contributed by atoms with van der Waals surface area (Å²) in [4.78, 5) is 10.8. The summed E-state index contributed by atoms with van der Waals surface area (Å²) >= 11 is 1.49. The van der Waals surface area contributed by atoms with Gasteiger partial charge in [0.15, 0.2) is 5.79 Å². The molecule has 0 spiro atoms. The van der Waals surface area contributed by atoms with Crippen molar-refractivity contribution in [2.75, 3.05) is 12.4 Å². The second-order valence-corrected chi connectivity index (χ2v) is 8.63. The van der Waals surface area contributed by atoms with Crippen molar-refractivity contribution < 1.29 is 34.0 Å². The molecule has 0 bridgehead atoms. The highest BCUT2D eigenvalue weighted by atomic mass is 32.2. The fraction of sp³-hybridized carbons (Fsp3) is 0.650. The zero-order valence-corrected chi connectivity index (χ0v) is 17.0. The molecule has 3 rings (SSSR count). The molecule has 0 amide bonds. The molecule has 0 aliphatic carbocycles. The highest BCUT2D eigenvalue weighted by molar-refractivity contribution is 7.99. The van der Waals surface area contributed by atoms with Gasteiger partial charge in [0.25, 0.3) is 0 Å². The summed E-state index contributed by atoms with van der Waals surface area (Å²) in [7, 11) is 0. The third kappa shape index (κ3) is 5.46. The van der Waals surface area contributed by atoms with Crippen LogP contribution in [0.15, 0.2) is 30.3 Å². The Labute approximate surface area is 169 Å². The highest BCUT2D eigenvalue weighted by Gasteiger charge is 2.55. The van der Waals surface area contributed by atoms with Crippen LogP contribution in [0.3, 0.4) is 0 Å². The molecule has 2 fully saturated rings. The molecule has 0 radical (unpaired) electrons. The molecule has 8 heteroatoms. The van der Waals surface area contributed by atoms with E-state index in [0.717, 1.165) is 5.56 Å². The predicted molar refractivity (Wildman–Crippen MR) is 104 cm³/mol. The van der Waals surface area contributed by atoms with Crippen molar-refractivity contribution in [2.45, 2.75) is 68.9 Å². The van der Waals surface area contributed by atoms with E-state index >= 15 is 0 Å². The lowest BCUT2D eigenvalue weighted by Crippen LogP contribution is -2.57. The zero-order valence-electron chi connectivity index (χ0n) is 16.2. The van der Waals surface area contributed by atoms with E-state index in [0.29, 0.717) is 18.8 Å². The normalized spacial score (nSPS) is 31.5. The predicted octanol–water partition coefficient (Wildman–Crippen LogP) is 2.41. The van der Waals surface area contributed by atoms with E-state index in [1.54, 1.807) is 0 Å². The molecule has 2 saturated heterocycles. The lowest BCUT2D eigenvalue weighted by molar-refractivity contribution is -0.187. The van der Waals surface area contributed by atoms with Gasteiger partial charge < -0.3 is 29.2 Å². The van der Waals surface area contributed by atoms with Gasteiger partial charge in [-0.2, -0.15) is 0 Å². The first-order chi connectivity index (χ1) is 13.4. The van der Waals surface area contributed by atoms with Crippen molar-refractivity contribution in [3.05, 3.63) is 35.9 Å². The maximum atomic E-state index is 10.8. The molecule has 2 aliphatic heterocycles. The van der Waals surface area contributed by atoms with Crippen molar-refractivity contribution in [1.82, 2.24) is 0 Å². The minimum Gasteiger partial charge on any atom is -0.481 e. The van der Waals surface area contributed by atoms with Crippen molar-refractivity contribution >= 4 is 17.7 Å². The molecule has 28 heavy (non-hydrogen) atoms. The van der Waals surface area contributed by atoms with Crippen molar-refractivity contribution in [1.29, 1.82) is 0 Å². The van der Waals surface area contributed by atoms with E-state index in [1.165, 1.54) is 11.8 Å². The fourth-order valence-electron chi connectivity index (χ4n) is 3.48. The van der Waals surface area contributed by atoms with E-state index in [9.17, 15) is 9.90 Å². The monoisotopic (exact) mass is 412 g/mol. The summed E-state index contributed by atoms with van der Waals surface area (Å²) < 4.78 is 24.4. The van der Waals surface area contributed by atoms with Gasteiger partial charge in [-0.1, -0.05) is 30.3 Å². The number of carboxylic acids is 1. The van der Waals surface area contributed by atoms with E-state index in [-0.39, 0.29) is 24.6 Å². The number of carbonyl (C=O) groups is 1. The summed E-state index contributed by atoms with van der Waals surface area (Å²) in [6, 6.07) is 9.84. The minimum atomic E-state index is -0.815. The largest absolute Gasteiger partial charge is 0.481 e. The first-order valence-corrected chi connectivity index (χ1v) is 10.6. The second-order valence-electron chi connectivity index (χ2n) is 7.42. The molecule has 1 unspecified atom stereocenters. The smallest absolute Gasteiger partial charge is 0.303 e. The van der Waals surface area contributed by atoms with Crippen LogP contribution in [0.1, 0.15) is 32.3 Å². The first-order valence-electron chi connectivity index (χ1n) is 9.50. The Morgan fingerprint density at radius 3 is 2.61 bits per heavy atom. The van der Waals surface area contributed by atoms with Crippen LogP contribution in [-0.2, 0) is 30.3 Å². The average Bonchev–Trinajstić information content (AvgIpc) is 2.99. The molecule has 5 atom stereocenters. The third-order valence-corrected chi connectivity index (χ3v) is 5.95. The molecular weight excluding hydrogens is 384 g/mol. The molecule has 2 heterocycles. The number of hydrogen-bond acceptors (Lipinski definition) is 7. The molecule has 0 saturated carbocycles. The Bertz CT molecular complexity index is 639. The minimum absolute atomic E-state index is 0.109. The quantitative estimate of drug-likeness (QED) is 0.597. The number of aliphatic carboxylic acids is 1. The molecule has 0 aromatic heterocycles. The maximum Gasteiger partial charge on any atom is 0.303 e. The van der Waals surface area contributed by atoms with E-state index < -0.39 is 30.1 Å². The Morgan fingerprint density at radius 2 is 1.93 bits per heavy atom. The number of benzene rings is 1.